The van der Waals surface area contributed by atoms with E-state index in [9.17, 15) is 0 Å². The topological polar surface area (TPSA) is 46.2 Å². The van der Waals surface area contributed by atoms with Crippen molar-refractivity contribution < 1.29 is 23.4 Å². The van der Waals surface area contributed by atoms with E-state index in [1.54, 1.807) is 7.11 Å². The molecule has 0 aliphatic carbocycles. The summed E-state index contributed by atoms with van der Waals surface area (Å²) in [6.07, 6.45) is 5.27. The maximum atomic E-state index is 7.66. The third kappa shape index (κ3) is 7.39. The molecule has 3 aromatic rings. The lowest BCUT2D eigenvalue weighted by Gasteiger charge is -2.52. The molecule has 2 aliphatic rings. The van der Waals surface area contributed by atoms with Gasteiger partial charge in [0.2, 0.25) is 0 Å². The van der Waals surface area contributed by atoms with Crippen molar-refractivity contribution in [2.45, 2.75) is 94.7 Å². The van der Waals surface area contributed by atoms with Crippen molar-refractivity contribution in [1.82, 2.24) is 0 Å². The van der Waals surface area contributed by atoms with Crippen molar-refractivity contribution in [3.8, 4) is 0 Å². The maximum Gasteiger partial charge on any atom is 0.261 e. The fourth-order valence-corrected chi connectivity index (χ4v) is 11.7. The number of benzene rings is 3. The van der Waals surface area contributed by atoms with Crippen LogP contribution in [0.15, 0.2) is 104 Å². The Morgan fingerprint density at radius 3 is 1.91 bits per heavy atom. The highest BCUT2D eigenvalue weighted by Crippen LogP contribution is 2.45. The zero-order chi connectivity index (χ0) is 30.3. The quantitative estimate of drug-likeness (QED) is 0.179. The normalized spacial score (nSPS) is 26.3. The molecule has 0 amide bonds. The van der Waals surface area contributed by atoms with Crippen LogP contribution in [0.25, 0.3) is 0 Å². The predicted octanol–water partition coefficient (Wildman–Crippen LogP) is 6.79. The molecular weight excluding hydrogens is 552 g/mol. The van der Waals surface area contributed by atoms with E-state index in [1.807, 2.05) is 24.3 Å². The summed E-state index contributed by atoms with van der Waals surface area (Å²) in [5.74, 6) is -0.818. The molecule has 0 N–H and O–H groups in total. The Balaban J connectivity index is 1.50. The molecule has 5 atom stereocenters. The van der Waals surface area contributed by atoms with E-state index in [4.69, 9.17) is 23.4 Å². The van der Waals surface area contributed by atoms with Gasteiger partial charge in [-0.2, -0.15) is 0 Å². The van der Waals surface area contributed by atoms with Crippen LogP contribution < -0.4 is 10.4 Å². The van der Waals surface area contributed by atoms with Gasteiger partial charge in [-0.25, -0.2) is 0 Å². The molecule has 3 aromatic carbocycles. The van der Waals surface area contributed by atoms with Crippen molar-refractivity contribution in [3.63, 3.8) is 0 Å². The first-order chi connectivity index (χ1) is 20.8. The van der Waals surface area contributed by atoms with E-state index in [0.29, 0.717) is 26.1 Å². The predicted molar refractivity (Wildman–Crippen MR) is 175 cm³/mol. The van der Waals surface area contributed by atoms with Gasteiger partial charge in [0.05, 0.1) is 37.6 Å². The molecule has 0 aromatic heterocycles. The van der Waals surface area contributed by atoms with Crippen LogP contribution in [-0.4, -0.2) is 52.2 Å². The van der Waals surface area contributed by atoms with E-state index in [1.165, 1.54) is 10.4 Å². The summed E-state index contributed by atoms with van der Waals surface area (Å²) in [7, 11) is -1.00. The standard InChI is InChI=1S/C37H48O5Si/c1-6-16-30-23-31(38-5)25-37(40-30)26-32(24-33(41-37)28-39-27-29-17-10-7-11-18-29)42-43(36(2,3)4,34-19-12-8-13-20-34)35-21-14-9-15-22-35/h6-15,17-22,30-33H,1,16,23-28H2,2-5H3/t30-,31+,32+,33-,37-/m1/s1. The fourth-order valence-electron chi connectivity index (χ4n) is 6.98. The van der Waals surface area contributed by atoms with Crippen molar-refractivity contribution in [1.29, 1.82) is 0 Å². The molecule has 5 nitrogen and oxygen atoms in total. The summed E-state index contributed by atoms with van der Waals surface area (Å²) in [6.45, 7) is 12.0. The lowest BCUT2D eigenvalue weighted by atomic mass is 9.89. The van der Waals surface area contributed by atoms with Gasteiger partial charge in [-0.05, 0) is 27.4 Å². The van der Waals surface area contributed by atoms with Crippen LogP contribution in [0, 0.1) is 0 Å². The summed E-state index contributed by atoms with van der Waals surface area (Å²) in [6, 6.07) is 32.0. The molecule has 5 rings (SSSR count). The molecule has 43 heavy (non-hydrogen) atoms. The molecule has 0 saturated carbocycles. The van der Waals surface area contributed by atoms with Gasteiger partial charge in [0, 0.05) is 32.8 Å². The summed E-state index contributed by atoms with van der Waals surface area (Å²) >= 11 is 0. The first-order valence-electron chi connectivity index (χ1n) is 15.7. The minimum Gasteiger partial charge on any atom is -0.404 e. The Kier molecular flexibility index (Phi) is 10.4. The second-order valence-electron chi connectivity index (χ2n) is 13.1. The van der Waals surface area contributed by atoms with Crippen LogP contribution in [0.1, 0.15) is 58.4 Å². The van der Waals surface area contributed by atoms with Crippen LogP contribution in [-0.2, 0) is 30.0 Å². The molecule has 2 fully saturated rings. The van der Waals surface area contributed by atoms with Crippen molar-refractivity contribution in [2.75, 3.05) is 13.7 Å². The molecule has 0 radical (unpaired) electrons. The van der Waals surface area contributed by atoms with Crippen LogP contribution in [0.3, 0.4) is 0 Å². The fraction of sp³-hybridized carbons (Fsp3) is 0.459. The van der Waals surface area contributed by atoms with E-state index >= 15 is 0 Å². The first-order valence-corrected chi connectivity index (χ1v) is 17.6. The van der Waals surface area contributed by atoms with Gasteiger partial charge < -0.3 is 23.4 Å². The van der Waals surface area contributed by atoms with Crippen molar-refractivity contribution >= 4 is 18.7 Å². The molecule has 2 saturated heterocycles. The highest BCUT2D eigenvalue weighted by molar-refractivity contribution is 6.99. The molecule has 230 valence electrons. The Labute approximate surface area is 259 Å². The second kappa shape index (κ2) is 14.0. The second-order valence-corrected chi connectivity index (χ2v) is 17.3. The van der Waals surface area contributed by atoms with Crippen LogP contribution >= 0.6 is 0 Å². The van der Waals surface area contributed by atoms with Gasteiger partial charge in [0.25, 0.3) is 8.32 Å². The molecule has 0 unspecified atom stereocenters. The van der Waals surface area contributed by atoms with Gasteiger partial charge in [0.15, 0.2) is 5.79 Å². The van der Waals surface area contributed by atoms with Gasteiger partial charge in [-0.15, -0.1) is 6.58 Å². The number of hydrogen-bond acceptors (Lipinski definition) is 5. The molecule has 6 heteroatoms. The van der Waals surface area contributed by atoms with Crippen molar-refractivity contribution in [2.24, 2.45) is 0 Å². The summed E-state index contributed by atoms with van der Waals surface area (Å²) < 4.78 is 33.6. The third-order valence-electron chi connectivity index (χ3n) is 8.83. The number of ether oxygens (including phenoxy) is 4. The molecule has 0 bridgehead atoms. The van der Waals surface area contributed by atoms with E-state index < -0.39 is 14.1 Å². The Bertz CT molecular complexity index is 1240. The monoisotopic (exact) mass is 600 g/mol. The zero-order valence-electron chi connectivity index (χ0n) is 26.2. The third-order valence-corrected chi connectivity index (χ3v) is 13.9. The number of hydrogen-bond donors (Lipinski definition) is 0. The van der Waals surface area contributed by atoms with Crippen LogP contribution in [0.2, 0.25) is 5.04 Å². The van der Waals surface area contributed by atoms with Gasteiger partial charge in [-0.1, -0.05) is 118 Å². The SMILES string of the molecule is C=CC[C@@H]1C[C@H](OC)C[C@@]2(C[C@@H](O[Si](c3ccccc3)(c3ccccc3)C(C)(C)C)C[C@H](COCc3ccccc3)O2)O1. The highest BCUT2D eigenvalue weighted by Gasteiger charge is 2.55. The number of rotatable bonds is 11. The summed E-state index contributed by atoms with van der Waals surface area (Å²) in [5.41, 5.74) is 1.15. The smallest absolute Gasteiger partial charge is 0.261 e. The minimum absolute atomic E-state index is 0.0197. The Morgan fingerprint density at radius 2 is 1.35 bits per heavy atom. The average Bonchev–Trinajstić information content (AvgIpc) is 3.00. The molecule has 2 heterocycles. The lowest BCUT2D eigenvalue weighted by Crippen LogP contribution is -2.69. The molecule has 1 spiro atoms. The number of methoxy groups -OCH3 is 1. The van der Waals surface area contributed by atoms with Gasteiger partial charge >= 0.3 is 0 Å². The molecular formula is C37H48O5Si. The maximum absolute atomic E-state index is 7.66. The van der Waals surface area contributed by atoms with Crippen LogP contribution in [0.4, 0.5) is 0 Å². The Hall–Kier alpha value is -2.58. The van der Waals surface area contributed by atoms with E-state index in [-0.39, 0.29) is 29.5 Å². The largest absolute Gasteiger partial charge is 0.404 e. The van der Waals surface area contributed by atoms with Gasteiger partial charge in [0.1, 0.15) is 0 Å². The van der Waals surface area contributed by atoms with E-state index in [2.05, 4.69) is 100 Å². The van der Waals surface area contributed by atoms with Gasteiger partial charge in [-0.3, -0.25) is 0 Å². The minimum atomic E-state index is -2.79. The first kappa shape index (κ1) is 31.8. The average molecular weight is 601 g/mol. The highest BCUT2D eigenvalue weighted by atomic mass is 28.4. The lowest BCUT2D eigenvalue weighted by molar-refractivity contribution is -0.342. The Morgan fingerprint density at radius 1 is 0.814 bits per heavy atom. The van der Waals surface area contributed by atoms with Crippen molar-refractivity contribution in [3.05, 3.63) is 109 Å². The van der Waals surface area contributed by atoms with Crippen LogP contribution in [0.5, 0.6) is 0 Å². The summed E-state index contributed by atoms with van der Waals surface area (Å²) in [4.78, 5) is 0. The van der Waals surface area contributed by atoms with E-state index in [0.717, 1.165) is 24.8 Å². The molecule has 2 aliphatic heterocycles. The summed E-state index contributed by atoms with van der Waals surface area (Å²) in [5, 5.41) is 2.42. The zero-order valence-corrected chi connectivity index (χ0v) is 27.2.